The Balaban J connectivity index is 1.44. The van der Waals surface area contributed by atoms with Crippen LogP contribution in [0, 0.1) is 6.92 Å². The normalized spacial score (nSPS) is 16.7. The molecule has 3 aromatic rings. The van der Waals surface area contributed by atoms with Crippen molar-refractivity contribution in [1.82, 2.24) is 29.8 Å². The van der Waals surface area contributed by atoms with E-state index in [0.29, 0.717) is 49.1 Å². The maximum absolute atomic E-state index is 13.5. The number of carbonyl (C=O) groups excluding carboxylic acids is 1. The van der Waals surface area contributed by atoms with Gasteiger partial charge in [0, 0.05) is 36.7 Å². The largest absolute Gasteiger partial charge is 0.343 e. The fourth-order valence-corrected chi connectivity index (χ4v) is 3.87. The number of nitrogens with zero attached hydrogens (tertiary/aromatic N) is 6. The summed E-state index contributed by atoms with van der Waals surface area (Å²) in [5.41, 5.74) is 1.04. The Bertz CT molecular complexity index is 996. The van der Waals surface area contributed by atoms with Gasteiger partial charge in [-0.25, -0.2) is 23.4 Å². The third kappa shape index (κ3) is 3.83. The summed E-state index contributed by atoms with van der Waals surface area (Å²) in [5.74, 6) is 0.0492. The molecule has 1 amide bonds. The van der Waals surface area contributed by atoms with E-state index in [1.165, 1.54) is 12.4 Å². The van der Waals surface area contributed by atoms with Crippen LogP contribution in [0.5, 0.6) is 0 Å². The van der Waals surface area contributed by atoms with E-state index in [0.717, 1.165) is 0 Å². The highest BCUT2D eigenvalue weighted by molar-refractivity contribution is 5.80. The van der Waals surface area contributed by atoms with Crippen LogP contribution in [-0.2, 0) is 4.79 Å². The molecule has 0 radical (unpaired) electrons. The monoisotopic (exact) mass is 404 g/mol. The van der Waals surface area contributed by atoms with Crippen molar-refractivity contribution >= 4 is 17.0 Å². The van der Waals surface area contributed by atoms with Crippen molar-refractivity contribution in [3.63, 3.8) is 0 Å². The van der Waals surface area contributed by atoms with Gasteiger partial charge in [-0.05, 0) is 32.8 Å². The van der Waals surface area contributed by atoms with Gasteiger partial charge in [0.2, 0.25) is 5.91 Å². The first-order chi connectivity index (χ1) is 13.9. The standard InChI is InChI=1S/C19H22F2N6O2/c1-11(27-10-22-9-23-27)7-16(28)26-5-3-13(4-6-26)15-8-14(18(20)21)17-12(2)25-29-19(17)24-15/h8-11,13,18H,3-7H2,1-2H3/t11-/m1/s1. The topological polar surface area (TPSA) is 89.9 Å². The van der Waals surface area contributed by atoms with E-state index in [1.54, 1.807) is 17.9 Å². The summed E-state index contributed by atoms with van der Waals surface area (Å²) >= 11 is 0. The SMILES string of the molecule is Cc1noc2nc(C3CCN(C(=O)C[C@@H](C)n4cncn4)CC3)cc(C(F)F)c12. The molecule has 1 aliphatic heterocycles. The smallest absolute Gasteiger partial charge is 0.264 e. The molecule has 1 saturated heterocycles. The highest BCUT2D eigenvalue weighted by Crippen LogP contribution is 2.35. The van der Waals surface area contributed by atoms with E-state index in [4.69, 9.17) is 4.52 Å². The van der Waals surface area contributed by atoms with Crippen molar-refractivity contribution in [1.29, 1.82) is 0 Å². The van der Waals surface area contributed by atoms with Gasteiger partial charge in [-0.3, -0.25) is 4.79 Å². The predicted octanol–water partition coefficient (Wildman–Crippen LogP) is 3.42. The fourth-order valence-electron chi connectivity index (χ4n) is 3.87. The number of alkyl halides is 2. The quantitative estimate of drug-likeness (QED) is 0.647. The van der Waals surface area contributed by atoms with Gasteiger partial charge in [-0.1, -0.05) is 5.16 Å². The lowest BCUT2D eigenvalue weighted by Gasteiger charge is -2.32. The van der Waals surface area contributed by atoms with Gasteiger partial charge in [-0.15, -0.1) is 0 Å². The molecule has 0 aliphatic carbocycles. The van der Waals surface area contributed by atoms with Crippen molar-refractivity contribution in [2.24, 2.45) is 0 Å². The molecule has 154 valence electrons. The lowest BCUT2D eigenvalue weighted by molar-refractivity contribution is -0.133. The van der Waals surface area contributed by atoms with Crippen LogP contribution < -0.4 is 0 Å². The third-order valence-electron chi connectivity index (χ3n) is 5.53. The van der Waals surface area contributed by atoms with Gasteiger partial charge in [0.15, 0.2) is 0 Å². The summed E-state index contributed by atoms with van der Waals surface area (Å²) in [6, 6.07) is 1.39. The van der Waals surface area contributed by atoms with Gasteiger partial charge < -0.3 is 9.42 Å². The highest BCUT2D eigenvalue weighted by atomic mass is 19.3. The number of hydrogen-bond acceptors (Lipinski definition) is 6. The second kappa shape index (κ2) is 7.84. The van der Waals surface area contributed by atoms with Crippen LogP contribution in [0.2, 0.25) is 0 Å². The molecule has 0 N–H and O–H groups in total. The zero-order valence-electron chi connectivity index (χ0n) is 16.3. The van der Waals surface area contributed by atoms with Crippen LogP contribution in [0.3, 0.4) is 0 Å². The van der Waals surface area contributed by atoms with Crippen molar-refractivity contribution in [2.75, 3.05) is 13.1 Å². The Kier molecular flexibility index (Phi) is 5.25. The molecule has 1 aliphatic rings. The van der Waals surface area contributed by atoms with Crippen LogP contribution in [0.25, 0.3) is 11.1 Å². The molecule has 1 fully saturated rings. The number of aryl methyl sites for hydroxylation is 1. The number of pyridine rings is 1. The van der Waals surface area contributed by atoms with Crippen LogP contribution in [-0.4, -0.2) is 48.8 Å². The molecule has 0 unspecified atom stereocenters. The number of halogens is 2. The average molecular weight is 404 g/mol. The van der Waals surface area contributed by atoms with Crippen LogP contribution in [0.4, 0.5) is 8.78 Å². The average Bonchev–Trinajstić information content (AvgIpc) is 3.38. The van der Waals surface area contributed by atoms with Gasteiger partial charge in [0.1, 0.15) is 12.7 Å². The Hall–Kier alpha value is -2.91. The summed E-state index contributed by atoms with van der Waals surface area (Å²) in [6.45, 7) is 4.67. The van der Waals surface area contributed by atoms with Crippen molar-refractivity contribution in [3.8, 4) is 0 Å². The number of likely N-dealkylation sites (tertiary alicyclic amines) is 1. The van der Waals surface area contributed by atoms with Crippen LogP contribution in [0.15, 0.2) is 23.2 Å². The molecule has 3 aromatic heterocycles. The third-order valence-corrected chi connectivity index (χ3v) is 5.53. The Morgan fingerprint density at radius 2 is 2.10 bits per heavy atom. The molecule has 4 rings (SSSR count). The number of piperidine rings is 1. The van der Waals surface area contributed by atoms with Gasteiger partial charge in [0.25, 0.3) is 12.1 Å². The molecular formula is C19H22F2N6O2. The molecular weight excluding hydrogens is 382 g/mol. The number of hydrogen-bond donors (Lipinski definition) is 0. The number of carbonyl (C=O) groups is 1. The predicted molar refractivity (Wildman–Crippen MR) is 99.4 cm³/mol. The molecule has 29 heavy (non-hydrogen) atoms. The fraction of sp³-hybridized carbons (Fsp3) is 0.526. The highest BCUT2D eigenvalue weighted by Gasteiger charge is 2.28. The molecule has 4 heterocycles. The van der Waals surface area contributed by atoms with E-state index in [2.05, 4.69) is 20.2 Å². The lowest BCUT2D eigenvalue weighted by atomic mass is 9.91. The molecule has 8 nitrogen and oxygen atoms in total. The number of amides is 1. The van der Waals surface area contributed by atoms with Gasteiger partial charge in [-0.2, -0.15) is 5.10 Å². The van der Waals surface area contributed by atoms with E-state index in [-0.39, 0.29) is 29.1 Å². The lowest BCUT2D eigenvalue weighted by Crippen LogP contribution is -2.38. The molecule has 0 bridgehead atoms. The second-order valence-electron chi connectivity index (χ2n) is 7.47. The minimum Gasteiger partial charge on any atom is -0.343 e. The molecule has 0 saturated carbocycles. The summed E-state index contributed by atoms with van der Waals surface area (Å²) < 4.78 is 33.9. The van der Waals surface area contributed by atoms with E-state index >= 15 is 0 Å². The van der Waals surface area contributed by atoms with Gasteiger partial charge in [0.05, 0.1) is 17.1 Å². The Morgan fingerprint density at radius 3 is 2.76 bits per heavy atom. The molecule has 0 aromatic carbocycles. The van der Waals surface area contributed by atoms with Crippen LogP contribution in [0.1, 0.15) is 61.5 Å². The van der Waals surface area contributed by atoms with Gasteiger partial charge >= 0.3 is 0 Å². The zero-order valence-corrected chi connectivity index (χ0v) is 16.3. The van der Waals surface area contributed by atoms with Crippen molar-refractivity contribution in [3.05, 3.63) is 35.7 Å². The van der Waals surface area contributed by atoms with E-state index in [9.17, 15) is 13.6 Å². The minimum atomic E-state index is -2.63. The maximum atomic E-state index is 13.5. The molecule has 10 heteroatoms. The summed E-state index contributed by atoms with van der Waals surface area (Å²) in [7, 11) is 0. The van der Waals surface area contributed by atoms with Crippen LogP contribution >= 0.6 is 0 Å². The molecule has 1 atom stereocenters. The molecule has 0 spiro atoms. The zero-order chi connectivity index (χ0) is 20.5. The Labute approximate surface area is 165 Å². The minimum absolute atomic E-state index is 0.000838. The summed E-state index contributed by atoms with van der Waals surface area (Å²) in [6.07, 6.45) is 2.08. The first-order valence-corrected chi connectivity index (χ1v) is 9.61. The maximum Gasteiger partial charge on any atom is 0.264 e. The van der Waals surface area contributed by atoms with Crippen molar-refractivity contribution in [2.45, 2.75) is 51.5 Å². The van der Waals surface area contributed by atoms with Crippen molar-refractivity contribution < 1.29 is 18.1 Å². The first kappa shape index (κ1) is 19.4. The number of rotatable bonds is 5. The van der Waals surface area contributed by atoms with E-state index in [1.807, 2.05) is 11.8 Å². The van der Waals surface area contributed by atoms with E-state index < -0.39 is 6.43 Å². The summed E-state index contributed by atoms with van der Waals surface area (Å²) in [5, 5.41) is 8.13. The number of aromatic nitrogens is 5. The summed E-state index contributed by atoms with van der Waals surface area (Å²) in [4.78, 5) is 22.7. The number of fused-ring (bicyclic) bond motifs is 1. The Morgan fingerprint density at radius 1 is 1.34 bits per heavy atom. The second-order valence-corrected chi connectivity index (χ2v) is 7.47. The first-order valence-electron chi connectivity index (χ1n) is 9.61.